The molecule has 1 aliphatic rings. The molecule has 1 aromatic heterocycles. The monoisotopic (exact) mass is 447 g/mol. The Bertz CT molecular complexity index is 1090. The van der Waals surface area contributed by atoms with Gasteiger partial charge in [0.05, 0.1) is 4.90 Å². The summed E-state index contributed by atoms with van der Waals surface area (Å²) in [5, 5.41) is 2.96. The predicted molar refractivity (Wildman–Crippen MR) is 119 cm³/mol. The standard InChI is InChI=1S/C22H29N3O5S/c1-22(2,3)23-21(27)24-12-9-17(10-13-24)30-18-11-14-25(20(26)15-18)16-5-7-19(8-6-16)31(4,28)29/h5-8,11,14-15,17H,9-10,12-13H2,1-4H3,(H,23,27). The van der Waals surface area contributed by atoms with Gasteiger partial charge in [0, 0.05) is 55.7 Å². The lowest BCUT2D eigenvalue weighted by Gasteiger charge is -2.34. The Morgan fingerprint density at radius 3 is 2.23 bits per heavy atom. The van der Waals surface area contributed by atoms with E-state index >= 15 is 0 Å². The fourth-order valence-electron chi connectivity index (χ4n) is 3.37. The number of sulfone groups is 1. The van der Waals surface area contributed by atoms with Crippen LogP contribution in [0.2, 0.25) is 0 Å². The first-order chi connectivity index (χ1) is 14.4. The fraction of sp³-hybridized carbons (Fsp3) is 0.455. The summed E-state index contributed by atoms with van der Waals surface area (Å²) in [6.07, 6.45) is 4.06. The van der Waals surface area contributed by atoms with E-state index in [1.807, 2.05) is 20.8 Å². The van der Waals surface area contributed by atoms with E-state index in [0.717, 1.165) is 6.26 Å². The first-order valence-corrected chi connectivity index (χ1v) is 12.1. The Kier molecular flexibility index (Phi) is 6.45. The van der Waals surface area contributed by atoms with Crippen molar-refractivity contribution in [3.63, 3.8) is 0 Å². The number of amides is 2. The molecule has 1 aliphatic heterocycles. The van der Waals surface area contributed by atoms with Gasteiger partial charge in [-0.25, -0.2) is 13.2 Å². The third-order valence-corrected chi connectivity index (χ3v) is 6.08. The Morgan fingerprint density at radius 1 is 1.10 bits per heavy atom. The highest BCUT2D eigenvalue weighted by atomic mass is 32.2. The molecule has 2 aromatic rings. The van der Waals surface area contributed by atoms with Gasteiger partial charge in [0.2, 0.25) is 0 Å². The topological polar surface area (TPSA) is 97.7 Å². The van der Waals surface area contributed by atoms with E-state index in [-0.39, 0.29) is 28.1 Å². The fourth-order valence-corrected chi connectivity index (χ4v) is 4.00. The number of pyridine rings is 1. The highest BCUT2D eigenvalue weighted by molar-refractivity contribution is 7.90. The van der Waals surface area contributed by atoms with Gasteiger partial charge in [-0.2, -0.15) is 0 Å². The largest absolute Gasteiger partial charge is 0.490 e. The van der Waals surface area contributed by atoms with Gasteiger partial charge in [-0.05, 0) is 51.1 Å². The SMILES string of the molecule is CC(C)(C)NC(=O)N1CCC(Oc2ccn(-c3ccc(S(C)(=O)=O)cc3)c(=O)c2)CC1. The Hall–Kier alpha value is -2.81. The van der Waals surface area contributed by atoms with E-state index in [2.05, 4.69) is 5.32 Å². The Balaban J connectivity index is 1.61. The van der Waals surface area contributed by atoms with Gasteiger partial charge < -0.3 is 15.0 Å². The molecule has 168 valence electrons. The minimum atomic E-state index is -3.29. The molecule has 31 heavy (non-hydrogen) atoms. The number of aromatic nitrogens is 1. The third kappa shape index (κ3) is 6.10. The smallest absolute Gasteiger partial charge is 0.317 e. The number of likely N-dealkylation sites (tertiary alicyclic amines) is 1. The predicted octanol–water partition coefficient (Wildman–Crippen LogP) is 2.59. The number of hydrogen-bond acceptors (Lipinski definition) is 5. The zero-order valence-electron chi connectivity index (χ0n) is 18.3. The molecule has 1 N–H and O–H groups in total. The average Bonchev–Trinajstić information content (AvgIpc) is 2.67. The van der Waals surface area contributed by atoms with Crippen molar-refractivity contribution in [1.82, 2.24) is 14.8 Å². The third-order valence-electron chi connectivity index (χ3n) is 4.95. The summed E-state index contributed by atoms with van der Waals surface area (Å²) in [6.45, 7) is 7.03. The number of carbonyl (C=O) groups excluding carboxylic acids is 1. The van der Waals surface area contributed by atoms with E-state index in [1.54, 1.807) is 29.3 Å². The molecular weight excluding hydrogens is 418 g/mol. The first kappa shape index (κ1) is 22.9. The number of carbonyl (C=O) groups is 1. The lowest BCUT2D eigenvalue weighted by molar-refractivity contribution is 0.108. The molecule has 0 radical (unpaired) electrons. The van der Waals surface area contributed by atoms with Crippen molar-refractivity contribution in [2.75, 3.05) is 19.3 Å². The highest BCUT2D eigenvalue weighted by Gasteiger charge is 2.26. The second kappa shape index (κ2) is 8.74. The van der Waals surface area contributed by atoms with Crippen LogP contribution in [0.1, 0.15) is 33.6 Å². The van der Waals surface area contributed by atoms with E-state index in [4.69, 9.17) is 4.74 Å². The molecule has 0 spiro atoms. The van der Waals surface area contributed by atoms with Crippen molar-refractivity contribution in [2.24, 2.45) is 0 Å². The Labute approximate surface area is 182 Å². The highest BCUT2D eigenvalue weighted by Crippen LogP contribution is 2.19. The minimum Gasteiger partial charge on any atom is -0.490 e. The second-order valence-corrected chi connectivity index (χ2v) is 10.8. The average molecular weight is 448 g/mol. The quantitative estimate of drug-likeness (QED) is 0.777. The van der Waals surface area contributed by atoms with Crippen LogP contribution in [0, 0.1) is 0 Å². The number of rotatable bonds is 4. The summed E-state index contributed by atoms with van der Waals surface area (Å²) in [5.41, 5.74) is 0.0215. The summed E-state index contributed by atoms with van der Waals surface area (Å²) < 4.78 is 30.6. The molecule has 3 rings (SSSR count). The van der Waals surface area contributed by atoms with Crippen LogP contribution < -0.4 is 15.6 Å². The van der Waals surface area contributed by atoms with Crippen LogP contribution in [-0.4, -0.2) is 54.9 Å². The summed E-state index contributed by atoms with van der Waals surface area (Å²) in [7, 11) is -3.29. The Morgan fingerprint density at radius 2 is 1.71 bits per heavy atom. The van der Waals surface area contributed by atoms with Crippen molar-refractivity contribution < 1.29 is 17.9 Å². The molecule has 0 saturated carbocycles. The summed E-state index contributed by atoms with van der Waals surface area (Å²) >= 11 is 0. The number of benzene rings is 1. The zero-order chi connectivity index (χ0) is 22.8. The molecule has 0 bridgehead atoms. The van der Waals surface area contributed by atoms with Crippen LogP contribution >= 0.6 is 0 Å². The van der Waals surface area contributed by atoms with Crippen LogP contribution in [-0.2, 0) is 9.84 Å². The molecule has 2 heterocycles. The molecule has 0 atom stereocenters. The summed E-state index contributed by atoms with van der Waals surface area (Å²) in [5.74, 6) is 0.478. The van der Waals surface area contributed by atoms with Crippen molar-refractivity contribution in [3.8, 4) is 11.4 Å². The van der Waals surface area contributed by atoms with E-state index in [1.165, 1.54) is 22.8 Å². The van der Waals surface area contributed by atoms with E-state index in [0.29, 0.717) is 37.4 Å². The van der Waals surface area contributed by atoms with Crippen LogP contribution in [0.3, 0.4) is 0 Å². The van der Waals surface area contributed by atoms with E-state index < -0.39 is 9.84 Å². The molecule has 1 fully saturated rings. The molecular formula is C22H29N3O5S. The van der Waals surface area contributed by atoms with Gasteiger partial charge in [0.25, 0.3) is 5.56 Å². The molecule has 0 aliphatic carbocycles. The van der Waals surface area contributed by atoms with Gasteiger partial charge in [-0.15, -0.1) is 0 Å². The first-order valence-electron chi connectivity index (χ1n) is 10.2. The maximum atomic E-state index is 12.5. The lowest BCUT2D eigenvalue weighted by Crippen LogP contribution is -2.51. The normalized spacial score (nSPS) is 15.5. The molecule has 1 aromatic carbocycles. The number of ether oxygens (including phenoxy) is 1. The number of nitrogens with one attached hydrogen (secondary N) is 1. The maximum Gasteiger partial charge on any atom is 0.317 e. The van der Waals surface area contributed by atoms with Gasteiger partial charge in [-0.1, -0.05) is 0 Å². The van der Waals surface area contributed by atoms with E-state index in [9.17, 15) is 18.0 Å². The molecule has 8 nitrogen and oxygen atoms in total. The zero-order valence-corrected chi connectivity index (χ0v) is 19.1. The van der Waals surface area contributed by atoms with Gasteiger partial charge >= 0.3 is 6.03 Å². The maximum absolute atomic E-state index is 12.5. The second-order valence-electron chi connectivity index (χ2n) is 8.82. The van der Waals surface area contributed by atoms with Crippen LogP contribution in [0.25, 0.3) is 5.69 Å². The lowest BCUT2D eigenvalue weighted by atomic mass is 10.1. The van der Waals surface area contributed by atoms with Crippen molar-refractivity contribution in [3.05, 3.63) is 52.9 Å². The number of urea groups is 1. The van der Waals surface area contributed by atoms with Gasteiger partial charge in [0.1, 0.15) is 11.9 Å². The van der Waals surface area contributed by atoms with Gasteiger partial charge in [-0.3, -0.25) is 9.36 Å². The van der Waals surface area contributed by atoms with Crippen LogP contribution in [0.4, 0.5) is 4.79 Å². The van der Waals surface area contributed by atoms with Crippen molar-refractivity contribution in [2.45, 2.75) is 50.2 Å². The minimum absolute atomic E-state index is 0.0667. The van der Waals surface area contributed by atoms with Crippen molar-refractivity contribution in [1.29, 1.82) is 0 Å². The number of hydrogen-bond donors (Lipinski definition) is 1. The molecule has 2 amide bonds. The van der Waals surface area contributed by atoms with Crippen LogP contribution in [0.15, 0.2) is 52.3 Å². The number of piperidine rings is 1. The summed E-state index contributed by atoms with van der Waals surface area (Å²) in [6, 6.07) is 9.20. The molecule has 0 unspecified atom stereocenters. The van der Waals surface area contributed by atoms with Gasteiger partial charge in [0.15, 0.2) is 9.84 Å². The number of nitrogens with zero attached hydrogens (tertiary/aromatic N) is 2. The van der Waals surface area contributed by atoms with Crippen molar-refractivity contribution >= 4 is 15.9 Å². The molecule has 1 saturated heterocycles. The molecule has 9 heteroatoms. The summed E-state index contributed by atoms with van der Waals surface area (Å²) in [4.78, 5) is 26.8. The van der Waals surface area contributed by atoms with Crippen LogP contribution in [0.5, 0.6) is 5.75 Å².